The number of carbonyl (C=O) groups excluding carboxylic acids is 2. The predicted octanol–water partition coefficient (Wildman–Crippen LogP) is 8.28. The molecule has 2 heterocycles. The SMILES string of the molecule is CCCCCCN(CCCCCC)c1ccc2c3c(c(=O)oc2c1)C(=O)C(/C=C/C=C/c1cc(C(C)(C)C)oc2cc(=[N+](CCCS(=O)(=O)O)CCCS(=O)(=O)O)ccc1-2)C(=O)C3. The summed E-state index contributed by atoms with van der Waals surface area (Å²) in [5.74, 6) is -1.90. The number of Topliss-reactive ketones (excluding diaryl/α,β-unsaturated/α-hetero) is 2. The van der Waals surface area contributed by atoms with Crippen molar-refractivity contribution in [3.05, 3.63) is 98.9 Å². The van der Waals surface area contributed by atoms with Crippen molar-refractivity contribution in [2.24, 2.45) is 5.92 Å². The van der Waals surface area contributed by atoms with E-state index in [9.17, 15) is 40.3 Å². The third-order valence-electron chi connectivity index (χ3n) is 11.4. The minimum absolute atomic E-state index is 0.0691. The van der Waals surface area contributed by atoms with E-state index in [2.05, 4.69) is 18.7 Å². The van der Waals surface area contributed by atoms with Crippen molar-refractivity contribution < 1.29 is 44.4 Å². The lowest BCUT2D eigenvalue weighted by molar-refractivity contribution is -0.119. The quantitative estimate of drug-likeness (QED) is 0.0192. The number of ketones is 2. The van der Waals surface area contributed by atoms with E-state index in [1.807, 2.05) is 57.2 Å². The fourth-order valence-corrected chi connectivity index (χ4v) is 8.97. The maximum absolute atomic E-state index is 13.9. The van der Waals surface area contributed by atoms with Crippen molar-refractivity contribution in [2.45, 2.75) is 111 Å². The van der Waals surface area contributed by atoms with Gasteiger partial charge in [-0.15, -0.1) is 0 Å². The Hall–Kier alpha value is -4.70. The molecule has 2 aromatic rings. The summed E-state index contributed by atoms with van der Waals surface area (Å²) in [4.78, 5) is 43.3. The topological polar surface area (TPSA) is 192 Å². The van der Waals surface area contributed by atoms with Crippen molar-refractivity contribution in [1.82, 2.24) is 4.58 Å². The summed E-state index contributed by atoms with van der Waals surface area (Å²) < 4.78 is 78.2. The first-order valence-electron chi connectivity index (χ1n) is 22.1. The maximum Gasteiger partial charge on any atom is 0.347 e. The highest BCUT2D eigenvalue weighted by Crippen LogP contribution is 2.34. The van der Waals surface area contributed by atoms with Gasteiger partial charge in [0.15, 0.2) is 11.6 Å². The summed E-state index contributed by atoms with van der Waals surface area (Å²) >= 11 is 0. The number of hydrogen-bond donors (Lipinski definition) is 2. The summed E-state index contributed by atoms with van der Waals surface area (Å²) in [6, 6.07) is 13.0. The Morgan fingerprint density at radius 1 is 0.778 bits per heavy atom. The molecule has 5 rings (SSSR count). The van der Waals surface area contributed by atoms with Gasteiger partial charge in [-0.1, -0.05) is 97.4 Å². The van der Waals surface area contributed by atoms with Crippen LogP contribution >= 0.6 is 0 Å². The Labute approximate surface area is 371 Å². The number of hydrogen-bond acceptors (Lipinski definition) is 10. The van der Waals surface area contributed by atoms with Crippen LogP contribution in [0.2, 0.25) is 0 Å². The van der Waals surface area contributed by atoms with Crippen LogP contribution < -0.4 is 20.5 Å². The summed E-state index contributed by atoms with van der Waals surface area (Å²) in [7, 11) is -8.44. The monoisotopic (exact) mass is 907 g/mol. The maximum atomic E-state index is 13.9. The first kappa shape index (κ1) is 49.3. The third kappa shape index (κ3) is 13.9. The average Bonchev–Trinajstić information content (AvgIpc) is 3.20. The van der Waals surface area contributed by atoms with Crippen molar-refractivity contribution in [2.75, 3.05) is 42.6 Å². The zero-order valence-corrected chi connectivity index (χ0v) is 38.9. The molecule has 1 atom stereocenters. The molecule has 0 bridgehead atoms. The normalized spacial score (nSPS) is 15.0. The van der Waals surface area contributed by atoms with Gasteiger partial charge in [-0.05, 0) is 48.2 Å². The van der Waals surface area contributed by atoms with E-state index in [0.717, 1.165) is 68.4 Å². The predicted molar refractivity (Wildman–Crippen MR) is 249 cm³/mol. The van der Waals surface area contributed by atoms with Crippen LogP contribution in [0.3, 0.4) is 0 Å². The number of allylic oxidation sites excluding steroid dienone is 3. The number of nitrogens with zero attached hydrogens (tertiary/aromatic N) is 2. The van der Waals surface area contributed by atoms with Crippen LogP contribution in [0, 0.1) is 5.92 Å². The Kier molecular flexibility index (Phi) is 17.1. The molecule has 0 fully saturated rings. The van der Waals surface area contributed by atoms with Crippen LogP contribution in [0.5, 0.6) is 0 Å². The van der Waals surface area contributed by atoms with Gasteiger partial charge in [0, 0.05) is 66.5 Å². The van der Waals surface area contributed by atoms with E-state index in [-0.39, 0.29) is 43.7 Å². The van der Waals surface area contributed by atoms with Gasteiger partial charge in [0.25, 0.3) is 20.2 Å². The molecular weight excluding hydrogens is 845 g/mol. The number of anilines is 1. The number of benzene rings is 2. The van der Waals surface area contributed by atoms with Crippen molar-refractivity contribution in [1.29, 1.82) is 0 Å². The first-order valence-corrected chi connectivity index (χ1v) is 25.3. The lowest BCUT2D eigenvalue weighted by Gasteiger charge is -2.26. The smallest absolute Gasteiger partial charge is 0.347 e. The van der Waals surface area contributed by atoms with Gasteiger partial charge in [0.1, 0.15) is 35.8 Å². The second-order valence-electron chi connectivity index (χ2n) is 17.5. The zero-order valence-electron chi connectivity index (χ0n) is 37.2. The molecule has 342 valence electrons. The third-order valence-corrected chi connectivity index (χ3v) is 13.0. The Morgan fingerprint density at radius 3 is 2.00 bits per heavy atom. The Bertz CT molecular complexity index is 2600. The molecule has 2 N–H and O–H groups in total. The number of carbonyl (C=O) groups is 2. The molecule has 0 radical (unpaired) electrons. The van der Waals surface area contributed by atoms with Gasteiger partial charge in [-0.3, -0.25) is 18.7 Å². The van der Waals surface area contributed by atoms with Crippen molar-refractivity contribution in [3.8, 4) is 11.3 Å². The van der Waals surface area contributed by atoms with Gasteiger partial charge in [-0.25, -0.2) is 9.37 Å². The van der Waals surface area contributed by atoms with Crippen LogP contribution in [-0.4, -0.2) is 75.2 Å². The molecule has 15 heteroatoms. The van der Waals surface area contributed by atoms with Crippen LogP contribution in [0.4, 0.5) is 5.69 Å². The molecule has 1 aromatic heterocycles. The first-order chi connectivity index (χ1) is 29.8. The molecule has 13 nitrogen and oxygen atoms in total. The second-order valence-corrected chi connectivity index (χ2v) is 20.7. The van der Waals surface area contributed by atoms with E-state index in [4.69, 9.17) is 8.83 Å². The van der Waals surface area contributed by atoms with Gasteiger partial charge >= 0.3 is 5.63 Å². The number of rotatable bonds is 22. The molecule has 1 aromatic carbocycles. The largest absolute Gasteiger partial charge is 0.460 e. The molecule has 1 aliphatic heterocycles. The average molecular weight is 908 g/mol. The lowest BCUT2D eigenvalue weighted by Crippen LogP contribution is -2.35. The molecule has 0 amide bonds. The number of unbranched alkanes of at least 4 members (excludes halogenated alkanes) is 6. The fourth-order valence-electron chi connectivity index (χ4n) is 7.98. The second kappa shape index (κ2) is 21.8. The molecular formula is C48H63N2O11S2+. The van der Waals surface area contributed by atoms with E-state index in [0.29, 0.717) is 33.4 Å². The standard InChI is InChI=1S/C48H62N2O11S2/c1-6-8-10-14-24-49(25-15-11-9-7-2)36-21-23-38-40-33-41(51)39(46(52)45(40)47(53)61-43(38)32-36)19-13-12-18-34-30-44(48(3,4)5)60-42-31-35(20-22-37(34)42)50(26-16-28-62(54,55)56)27-17-29-63(57,58)59/h12-13,18-23,30-32,39H,6-11,14-17,24-29,33H2,1-5H3,(H-,54,55,56,57,58,59)/p+1/b18-12+,19-13+. The van der Waals surface area contributed by atoms with E-state index >= 15 is 0 Å². The van der Waals surface area contributed by atoms with E-state index in [1.54, 1.807) is 28.9 Å². The van der Waals surface area contributed by atoms with Gasteiger partial charge < -0.3 is 13.7 Å². The minimum atomic E-state index is -4.22. The fraction of sp³-hybridized carbons (Fsp3) is 0.500. The highest BCUT2D eigenvalue weighted by Gasteiger charge is 2.36. The molecule has 0 saturated carbocycles. The van der Waals surface area contributed by atoms with Crippen LogP contribution in [0.15, 0.2) is 74.3 Å². The summed E-state index contributed by atoms with van der Waals surface area (Å²) in [6.07, 6.45) is 15.8. The summed E-state index contributed by atoms with van der Waals surface area (Å²) in [6.45, 7) is 12.5. The van der Waals surface area contributed by atoms with E-state index in [1.165, 1.54) is 18.9 Å². The molecule has 63 heavy (non-hydrogen) atoms. The minimum Gasteiger partial charge on any atom is -0.460 e. The van der Waals surface area contributed by atoms with Crippen molar-refractivity contribution >= 4 is 54.5 Å². The lowest BCUT2D eigenvalue weighted by atomic mass is 9.81. The van der Waals surface area contributed by atoms with Crippen LogP contribution in [0.25, 0.3) is 28.4 Å². The van der Waals surface area contributed by atoms with Crippen LogP contribution in [-0.2, 0) is 36.9 Å². The molecule has 0 spiro atoms. The van der Waals surface area contributed by atoms with Crippen molar-refractivity contribution in [3.63, 3.8) is 0 Å². The highest BCUT2D eigenvalue weighted by molar-refractivity contribution is 7.86. The Balaban J connectivity index is 1.42. The van der Waals surface area contributed by atoms with Gasteiger partial charge in [0.2, 0.25) is 5.36 Å². The molecule has 2 aliphatic carbocycles. The van der Waals surface area contributed by atoms with Gasteiger partial charge in [-0.2, -0.15) is 16.8 Å². The molecule has 3 aliphatic rings. The van der Waals surface area contributed by atoms with E-state index < -0.39 is 54.5 Å². The summed E-state index contributed by atoms with van der Waals surface area (Å²) in [5.41, 5.74) is 1.96. The van der Waals surface area contributed by atoms with Gasteiger partial charge in [0.05, 0.1) is 23.5 Å². The van der Waals surface area contributed by atoms with Crippen LogP contribution in [0.1, 0.15) is 126 Å². The zero-order chi connectivity index (χ0) is 46.0. The highest BCUT2D eigenvalue weighted by atomic mass is 32.2. The Morgan fingerprint density at radius 2 is 1.41 bits per heavy atom. The number of fused-ring (bicyclic) bond motifs is 4. The molecule has 1 unspecified atom stereocenters. The molecule has 0 saturated heterocycles. The summed E-state index contributed by atoms with van der Waals surface area (Å²) in [5, 5.41) is 1.20.